The first-order valence-electron chi connectivity index (χ1n) is 8.51. The smallest absolute Gasteiger partial charge is 0.295 e. The fourth-order valence-corrected chi connectivity index (χ4v) is 3.43. The Morgan fingerprint density at radius 1 is 1.26 bits per heavy atom. The molecule has 140 valence electrons. The molecule has 1 aromatic carbocycles. The highest BCUT2D eigenvalue weighted by Crippen LogP contribution is 2.41. The Labute approximate surface area is 162 Å². The topological polar surface area (TPSA) is 79.7 Å². The number of methoxy groups -OCH3 is 1. The number of benzene rings is 1. The summed E-state index contributed by atoms with van der Waals surface area (Å²) >= 11 is 6.06. The minimum Gasteiger partial charge on any atom is -0.507 e. The van der Waals surface area contributed by atoms with Gasteiger partial charge in [0.05, 0.1) is 24.3 Å². The summed E-state index contributed by atoms with van der Waals surface area (Å²) < 4.78 is 5.29. The number of hydrogen-bond donors (Lipinski definition) is 1. The number of hydrogen-bond acceptors (Lipinski definition) is 5. The lowest BCUT2D eigenvalue weighted by Crippen LogP contribution is -2.30. The van der Waals surface area contributed by atoms with Gasteiger partial charge < -0.3 is 14.7 Å². The van der Waals surface area contributed by atoms with Crippen LogP contribution in [-0.2, 0) is 9.59 Å². The van der Waals surface area contributed by atoms with E-state index in [0.29, 0.717) is 29.3 Å². The quantitative estimate of drug-likeness (QED) is 0.482. The third-order valence-corrected chi connectivity index (χ3v) is 4.68. The molecule has 1 aromatic heterocycles. The largest absolute Gasteiger partial charge is 0.507 e. The van der Waals surface area contributed by atoms with Crippen LogP contribution in [0.2, 0.25) is 5.02 Å². The number of amides is 1. The van der Waals surface area contributed by atoms with Crippen LogP contribution in [0.25, 0.3) is 5.76 Å². The molecule has 1 amide bonds. The zero-order valence-electron chi connectivity index (χ0n) is 15.0. The van der Waals surface area contributed by atoms with E-state index in [0.717, 1.165) is 0 Å². The molecule has 1 aliphatic heterocycles. The van der Waals surface area contributed by atoms with Crippen LogP contribution < -0.4 is 4.74 Å². The average Bonchev–Trinajstić information content (AvgIpc) is 2.93. The van der Waals surface area contributed by atoms with Gasteiger partial charge in [0, 0.05) is 24.0 Å². The van der Waals surface area contributed by atoms with Crippen molar-refractivity contribution >= 4 is 29.1 Å². The van der Waals surface area contributed by atoms with Crippen molar-refractivity contribution < 1.29 is 19.4 Å². The summed E-state index contributed by atoms with van der Waals surface area (Å²) in [5.41, 5.74) is 0.971. The highest BCUT2D eigenvalue weighted by atomic mass is 35.5. The summed E-state index contributed by atoms with van der Waals surface area (Å²) in [7, 11) is 1.45. The van der Waals surface area contributed by atoms with Crippen LogP contribution in [0.1, 0.15) is 30.5 Å². The predicted molar refractivity (Wildman–Crippen MR) is 102 cm³/mol. The fraction of sp³-hybridized carbons (Fsp3) is 0.250. The Morgan fingerprint density at radius 2 is 1.96 bits per heavy atom. The SMILES string of the molecule is CCCN1C(=O)C(=O)/C(=C(/O)c2cc(Cl)ccc2OC)C1c1ccncc1. The van der Waals surface area contributed by atoms with Crippen LogP contribution in [-0.4, -0.2) is 40.3 Å². The van der Waals surface area contributed by atoms with Crippen LogP contribution in [0.5, 0.6) is 5.75 Å². The number of Topliss-reactive ketones (excluding diaryl/α,β-unsaturated/α-hetero) is 1. The summed E-state index contributed by atoms with van der Waals surface area (Å²) in [4.78, 5) is 30.8. The van der Waals surface area contributed by atoms with E-state index >= 15 is 0 Å². The summed E-state index contributed by atoms with van der Waals surface area (Å²) in [5.74, 6) is -1.33. The minimum atomic E-state index is -0.732. The van der Waals surface area contributed by atoms with Crippen LogP contribution in [0, 0.1) is 0 Å². The van der Waals surface area contributed by atoms with Gasteiger partial charge in [-0.25, -0.2) is 0 Å². The van der Waals surface area contributed by atoms with E-state index in [1.807, 2.05) is 6.92 Å². The first kappa shape index (κ1) is 18.9. The number of aromatic nitrogens is 1. The molecule has 1 fully saturated rings. The lowest BCUT2D eigenvalue weighted by molar-refractivity contribution is -0.139. The number of aliphatic hydroxyl groups excluding tert-OH is 1. The normalized spacial score (nSPS) is 18.8. The molecule has 0 aliphatic carbocycles. The molecule has 6 nitrogen and oxygen atoms in total. The third kappa shape index (κ3) is 3.40. The molecule has 0 radical (unpaired) electrons. The Bertz CT molecular complexity index is 911. The molecule has 1 aliphatic rings. The molecular formula is C20H19ClN2O4. The predicted octanol–water partition coefficient (Wildman–Crippen LogP) is 3.58. The molecule has 2 aromatic rings. The van der Waals surface area contributed by atoms with Gasteiger partial charge in [-0.05, 0) is 42.3 Å². The molecule has 2 heterocycles. The average molecular weight is 387 g/mol. The molecular weight excluding hydrogens is 368 g/mol. The van der Waals surface area contributed by atoms with Gasteiger partial charge in [0.25, 0.3) is 11.7 Å². The maximum atomic E-state index is 12.8. The van der Waals surface area contributed by atoms with Crippen LogP contribution in [0.3, 0.4) is 0 Å². The standard InChI is InChI=1S/C20H19ClN2O4/c1-3-10-23-17(12-6-8-22-9-7-12)16(19(25)20(23)26)18(24)14-11-13(21)4-5-15(14)27-2/h4-9,11,17,24H,3,10H2,1-2H3/b18-16+. The number of carbonyl (C=O) groups excluding carboxylic acids is 2. The van der Waals surface area contributed by atoms with Crippen molar-refractivity contribution in [2.45, 2.75) is 19.4 Å². The number of aliphatic hydroxyl groups is 1. The number of rotatable bonds is 5. The number of nitrogens with zero attached hydrogens (tertiary/aromatic N) is 2. The fourth-order valence-electron chi connectivity index (χ4n) is 3.25. The lowest BCUT2D eigenvalue weighted by Gasteiger charge is -2.24. The van der Waals surface area contributed by atoms with Gasteiger partial charge in [-0.2, -0.15) is 0 Å². The van der Waals surface area contributed by atoms with Gasteiger partial charge >= 0.3 is 0 Å². The second-order valence-electron chi connectivity index (χ2n) is 6.12. The highest BCUT2D eigenvalue weighted by molar-refractivity contribution is 6.46. The minimum absolute atomic E-state index is 0.0141. The van der Waals surface area contributed by atoms with Crippen molar-refractivity contribution in [3.05, 3.63) is 64.4 Å². The zero-order chi connectivity index (χ0) is 19.6. The number of carbonyl (C=O) groups is 2. The second-order valence-corrected chi connectivity index (χ2v) is 6.55. The molecule has 1 atom stereocenters. The first-order chi connectivity index (χ1) is 13.0. The van der Waals surface area contributed by atoms with E-state index in [9.17, 15) is 14.7 Å². The Hall–Kier alpha value is -2.86. The number of pyridine rings is 1. The third-order valence-electron chi connectivity index (χ3n) is 4.44. The maximum absolute atomic E-state index is 12.8. The van der Waals surface area contributed by atoms with Gasteiger partial charge in [0.1, 0.15) is 11.5 Å². The van der Waals surface area contributed by atoms with Gasteiger partial charge in [0.15, 0.2) is 0 Å². The lowest BCUT2D eigenvalue weighted by atomic mass is 9.95. The summed E-state index contributed by atoms with van der Waals surface area (Å²) in [6.45, 7) is 2.31. The number of halogens is 1. The molecule has 27 heavy (non-hydrogen) atoms. The number of likely N-dealkylation sites (tertiary alicyclic amines) is 1. The molecule has 1 unspecified atom stereocenters. The van der Waals surface area contributed by atoms with Crippen molar-refractivity contribution in [2.75, 3.05) is 13.7 Å². The van der Waals surface area contributed by atoms with Crippen molar-refractivity contribution in [3.8, 4) is 5.75 Å². The van der Waals surface area contributed by atoms with Crippen molar-refractivity contribution in [1.82, 2.24) is 9.88 Å². The van der Waals surface area contributed by atoms with Crippen molar-refractivity contribution in [1.29, 1.82) is 0 Å². The Morgan fingerprint density at radius 3 is 2.59 bits per heavy atom. The second kappa shape index (κ2) is 7.80. The molecule has 1 N–H and O–H groups in total. The van der Waals surface area contributed by atoms with Gasteiger partial charge in [-0.1, -0.05) is 18.5 Å². The number of ether oxygens (including phenoxy) is 1. The Kier molecular flexibility index (Phi) is 5.46. The van der Waals surface area contributed by atoms with E-state index in [1.165, 1.54) is 18.1 Å². The molecule has 0 bridgehead atoms. The van der Waals surface area contributed by atoms with Crippen molar-refractivity contribution in [2.24, 2.45) is 0 Å². The summed E-state index contributed by atoms with van der Waals surface area (Å²) in [5, 5.41) is 11.4. The van der Waals surface area contributed by atoms with Crippen molar-refractivity contribution in [3.63, 3.8) is 0 Å². The van der Waals surface area contributed by atoms with E-state index in [2.05, 4.69) is 4.98 Å². The van der Waals surface area contributed by atoms with E-state index in [1.54, 1.807) is 36.7 Å². The van der Waals surface area contributed by atoms with Gasteiger partial charge in [-0.15, -0.1) is 0 Å². The monoisotopic (exact) mass is 386 g/mol. The van der Waals surface area contributed by atoms with E-state index in [4.69, 9.17) is 16.3 Å². The zero-order valence-corrected chi connectivity index (χ0v) is 15.7. The van der Waals surface area contributed by atoms with Crippen LogP contribution >= 0.6 is 11.6 Å². The number of ketones is 1. The Balaban J connectivity index is 2.24. The summed E-state index contributed by atoms with van der Waals surface area (Å²) in [6.07, 6.45) is 3.85. The summed E-state index contributed by atoms with van der Waals surface area (Å²) in [6, 6.07) is 7.47. The van der Waals surface area contributed by atoms with Crippen LogP contribution in [0.4, 0.5) is 0 Å². The first-order valence-corrected chi connectivity index (χ1v) is 8.89. The highest BCUT2D eigenvalue weighted by Gasteiger charge is 2.45. The molecule has 1 saturated heterocycles. The molecule has 0 spiro atoms. The molecule has 3 rings (SSSR count). The molecule has 0 saturated carbocycles. The van der Waals surface area contributed by atoms with E-state index < -0.39 is 17.7 Å². The van der Waals surface area contributed by atoms with E-state index in [-0.39, 0.29) is 16.9 Å². The molecule has 7 heteroatoms. The maximum Gasteiger partial charge on any atom is 0.295 e. The van der Waals surface area contributed by atoms with Gasteiger partial charge in [0.2, 0.25) is 0 Å². The van der Waals surface area contributed by atoms with Gasteiger partial charge in [-0.3, -0.25) is 14.6 Å². The van der Waals surface area contributed by atoms with Crippen LogP contribution in [0.15, 0.2) is 48.3 Å².